The summed E-state index contributed by atoms with van der Waals surface area (Å²) < 4.78 is 10.3. The van der Waals surface area contributed by atoms with Crippen molar-refractivity contribution < 1.29 is 9.47 Å². The molecule has 0 bridgehead atoms. The van der Waals surface area contributed by atoms with Gasteiger partial charge in [-0.1, -0.05) is 6.92 Å². The van der Waals surface area contributed by atoms with Gasteiger partial charge < -0.3 is 19.7 Å². The van der Waals surface area contributed by atoms with E-state index in [0.29, 0.717) is 19.3 Å². The number of methoxy groups -OCH3 is 1. The molecular weight excluding hydrogens is 204 g/mol. The molecule has 1 heterocycles. The summed E-state index contributed by atoms with van der Waals surface area (Å²) in [6, 6.07) is 0.655. The third-order valence-electron chi connectivity index (χ3n) is 3.19. The molecule has 16 heavy (non-hydrogen) atoms. The van der Waals surface area contributed by atoms with Crippen LogP contribution in [0.4, 0.5) is 0 Å². The highest BCUT2D eigenvalue weighted by Gasteiger charge is 2.23. The molecule has 4 heteroatoms. The molecule has 0 aliphatic carbocycles. The molecule has 0 aromatic heterocycles. The molecule has 4 nitrogen and oxygen atoms in total. The van der Waals surface area contributed by atoms with Crippen LogP contribution in [0.15, 0.2) is 0 Å². The summed E-state index contributed by atoms with van der Waals surface area (Å²) in [5.74, 6) is 0.734. The number of likely N-dealkylation sites (tertiary alicyclic amines) is 1. The molecule has 1 rings (SSSR count). The molecule has 0 amide bonds. The van der Waals surface area contributed by atoms with Gasteiger partial charge in [0.05, 0.1) is 19.8 Å². The van der Waals surface area contributed by atoms with Gasteiger partial charge in [0, 0.05) is 26.2 Å². The summed E-state index contributed by atoms with van der Waals surface area (Å²) in [7, 11) is 3.89. The minimum Gasteiger partial charge on any atom is -0.382 e. The van der Waals surface area contributed by atoms with Crippen molar-refractivity contribution >= 4 is 0 Å². The van der Waals surface area contributed by atoms with Crippen LogP contribution in [-0.4, -0.2) is 64.6 Å². The Morgan fingerprint density at radius 2 is 2.12 bits per heavy atom. The van der Waals surface area contributed by atoms with E-state index in [4.69, 9.17) is 9.47 Å². The number of rotatable bonds is 7. The predicted molar refractivity (Wildman–Crippen MR) is 65.8 cm³/mol. The van der Waals surface area contributed by atoms with Crippen LogP contribution in [0.2, 0.25) is 0 Å². The number of nitrogens with zero attached hydrogens (tertiary/aromatic N) is 1. The molecule has 0 radical (unpaired) electrons. The van der Waals surface area contributed by atoms with Crippen LogP contribution in [0.3, 0.4) is 0 Å². The topological polar surface area (TPSA) is 33.7 Å². The maximum Gasteiger partial charge on any atom is 0.0700 e. The average molecular weight is 230 g/mol. The van der Waals surface area contributed by atoms with Crippen LogP contribution in [0.1, 0.15) is 13.3 Å². The Balaban J connectivity index is 2.00. The SMILES string of the molecule is COCCOCCNC1CCN(C)CC1C. The quantitative estimate of drug-likeness (QED) is 0.649. The Labute approximate surface area is 99.3 Å². The van der Waals surface area contributed by atoms with Gasteiger partial charge in [0.15, 0.2) is 0 Å². The lowest BCUT2D eigenvalue weighted by Gasteiger charge is -2.35. The maximum atomic E-state index is 5.42. The van der Waals surface area contributed by atoms with Crippen molar-refractivity contribution in [3.05, 3.63) is 0 Å². The first-order valence-corrected chi connectivity index (χ1v) is 6.22. The van der Waals surface area contributed by atoms with Crippen molar-refractivity contribution in [2.24, 2.45) is 5.92 Å². The van der Waals surface area contributed by atoms with Crippen LogP contribution in [-0.2, 0) is 9.47 Å². The monoisotopic (exact) mass is 230 g/mol. The summed E-state index contributed by atoms with van der Waals surface area (Å²) in [5, 5.41) is 3.58. The minimum absolute atomic E-state index is 0.655. The van der Waals surface area contributed by atoms with Gasteiger partial charge in [-0.25, -0.2) is 0 Å². The number of ether oxygens (including phenoxy) is 2. The van der Waals surface area contributed by atoms with Gasteiger partial charge in [-0.05, 0) is 25.9 Å². The van der Waals surface area contributed by atoms with Gasteiger partial charge in [0.25, 0.3) is 0 Å². The predicted octanol–water partition coefficient (Wildman–Crippen LogP) is 0.579. The normalized spacial score (nSPS) is 27.2. The van der Waals surface area contributed by atoms with Crippen molar-refractivity contribution in [1.29, 1.82) is 0 Å². The van der Waals surface area contributed by atoms with E-state index in [2.05, 4.69) is 24.2 Å². The number of hydrogen-bond donors (Lipinski definition) is 1. The maximum absolute atomic E-state index is 5.42. The van der Waals surface area contributed by atoms with E-state index in [0.717, 1.165) is 19.1 Å². The fourth-order valence-electron chi connectivity index (χ4n) is 2.22. The molecule has 1 aliphatic heterocycles. The highest BCUT2D eigenvalue weighted by atomic mass is 16.5. The summed E-state index contributed by atoms with van der Waals surface area (Å²) in [4.78, 5) is 2.40. The zero-order valence-corrected chi connectivity index (χ0v) is 10.9. The van der Waals surface area contributed by atoms with E-state index in [9.17, 15) is 0 Å². The molecule has 1 fully saturated rings. The summed E-state index contributed by atoms with van der Waals surface area (Å²) >= 11 is 0. The van der Waals surface area contributed by atoms with E-state index in [1.54, 1.807) is 7.11 Å². The summed E-state index contributed by atoms with van der Waals surface area (Å²) in [6.07, 6.45) is 1.25. The van der Waals surface area contributed by atoms with Crippen LogP contribution in [0, 0.1) is 5.92 Å². The van der Waals surface area contributed by atoms with Crippen molar-refractivity contribution in [2.75, 3.05) is 53.6 Å². The average Bonchev–Trinajstić information content (AvgIpc) is 2.26. The van der Waals surface area contributed by atoms with Gasteiger partial charge in [-0.15, -0.1) is 0 Å². The summed E-state index contributed by atoms with van der Waals surface area (Å²) in [6.45, 7) is 7.82. The zero-order valence-electron chi connectivity index (χ0n) is 10.9. The van der Waals surface area contributed by atoms with Crippen LogP contribution < -0.4 is 5.32 Å². The van der Waals surface area contributed by atoms with Gasteiger partial charge >= 0.3 is 0 Å². The second kappa shape index (κ2) is 8.01. The third-order valence-corrected chi connectivity index (χ3v) is 3.19. The van der Waals surface area contributed by atoms with E-state index in [-0.39, 0.29) is 0 Å². The van der Waals surface area contributed by atoms with Crippen molar-refractivity contribution in [3.63, 3.8) is 0 Å². The van der Waals surface area contributed by atoms with Crippen LogP contribution in [0.25, 0.3) is 0 Å². The van der Waals surface area contributed by atoms with Crippen molar-refractivity contribution in [3.8, 4) is 0 Å². The number of hydrogen-bond acceptors (Lipinski definition) is 4. The Bertz CT molecular complexity index is 178. The molecule has 0 aromatic rings. The Morgan fingerprint density at radius 1 is 1.31 bits per heavy atom. The molecule has 96 valence electrons. The van der Waals surface area contributed by atoms with Crippen LogP contribution in [0.5, 0.6) is 0 Å². The minimum atomic E-state index is 0.655. The molecule has 2 unspecified atom stereocenters. The Morgan fingerprint density at radius 3 is 2.81 bits per heavy atom. The van der Waals surface area contributed by atoms with E-state index < -0.39 is 0 Å². The third kappa shape index (κ3) is 5.25. The zero-order chi connectivity index (χ0) is 11.8. The highest BCUT2D eigenvalue weighted by molar-refractivity contribution is 4.81. The van der Waals surface area contributed by atoms with Crippen LogP contribution >= 0.6 is 0 Å². The molecule has 2 atom stereocenters. The molecule has 1 N–H and O–H groups in total. The van der Waals surface area contributed by atoms with E-state index >= 15 is 0 Å². The molecular formula is C12H26N2O2. The lowest BCUT2D eigenvalue weighted by Crippen LogP contribution is -2.47. The highest BCUT2D eigenvalue weighted by Crippen LogP contribution is 2.14. The number of piperidine rings is 1. The Hall–Kier alpha value is -0.160. The fourth-order valence-corrected chi connectivity index (χ4v) is 2.22. The van der Waals surface area contributed by atoms with Crippen molar-refractivity contribution in [1.82, 2.24) is 10.2 Å². The first kappa shape index (κ1) is 13.9. The number of nitrogens with one attached hydrogen (secondary N) is 1. The van der Waals surface area contributed by atoms with Gasteiger partial charge in [0.1, 0.15) is 0 Å². The lowest BCUT2D eigenvalue weighted by atomic mass is 9.94. The van der Waals surface area contributed by atoms with E-state index in [1.165, 1.54) is 19.5 Å². The molecule has 0 aromatic carbocycles. The molecule has 1 aliphatic rings. The second-order valence-electron chi connectivity index (χ2n) is 4.69. The first-order chi connectivity index (χ1) is 7.74. The largest absolute Gasteiger partial charge is 0.382 e. The fraction of sp³-hybridized carbons (Fsp3) is 1.00. The lowest BCUT2D eigenvalue weighted by molar-refractivity contribution is 0.0683. The molecule has 0 saturated carbocycles. The smallest absolute Gasteiger partial charge is 0.0700 e. The molecule has 1 saturated heterocycles. The Kier molecular flexibility index (Phi) is 6.96. The van der Waals surface area contributed by atoms with Gasteiger partial charge in [-0.3, -0.25) is 0 Å². The van der Waals surface area contributed by atoms with Gasteiger partial charge in [0.2, 0.25) is 0 Å². The standard InChI is InChI=1S/C12H26N2O2/c1-11-10-14(2)6-4-12(11)13-5-7-16-9-8-15-3/h11-13H,4-10H2,1-3H3. The first-order valence-electron chi connectivity index (χ1n) is 6.22. The molecule has 0 spiro atoms. The second-order valence-corrected chi connectivity index (χ2v) is 4.69. The van der Waals surface area contributed by atoms with E-state index in [1.807, 2.05) is 0 Å². The summed E-state index contributed by atoms with van der Waals surface area (Å²) in [5.41, 5.74) is 0. The van der Waals surface area contributed by atoms with Gasteiger partial charge in [-0.2, -0.15) is 0 Å². The van der Waals surface area contributed by atoms with Crippen molar-refractivity contribution in [2.45, 2.75) is 19.4 Å².